The van der Waals surface area contributed by atoms with E-state index < -0.39 is 5.97 Å². The van der Waals surface area contributed by atoms with Crippen LogP contribution in [-0.2, 0) is 9.53 Å². The van der Waals surface area contributed by atoms with Gasteiger partial charge in [0.05, 0.1) is 22.9 Å². The highest BCUT2D eigenvalue weighted by molar-refractivity contribution is 9.10. The lowest BCUT2D eigenvalue weighted by atomic mass is 10.3. The van der Waals surface area contributed by atoms with E-state index in [4.69, 9.17) is 9.47 Å². The standard InChI is InChI=1S/C19H15BrN2O3/c20-14-5-8-16(9-6-14)24-11-12-25-19(23)10-7-15-13-21-17-3-1-2-4-18(17)22-15/h1-10,13H,11-12H2/b10-7+. The summed E-state index contributed by atoms with van der Waals surface area (Å²) < 4.78 is 11.5. The van der Waals surface area contributed by atoms with Crippen molar-refractivity contribution in [2.24, 2.45) is 0 Å². The molecular weight excluding hydrogens is 384 g/mol. The van der Waals surface area contributed by atoms with Crippen LogP contribution in [0.4, 0.5) is 0 Å². The molecular formula is C19H15BrN2O3. The summed E-state index contributed by atoms with van der Waals surface area (Å²) in [6, 6.07) is 15.0. The third-order valence-electron chi connectivity index (χ3n) is 3.27. The van der Waals surface area contributed by atoms with Crippen molar-refractivity contribution < 1.29 is 14.3 Å². The maximum atomic E-state index is 11.7. The van der Waals surface area contributed by atoms with Crippen molar-refractivity contribution in [3.63, 3.8) is 0 Å². The van der Waals surface area contributed by atoms with Crippen molar-refractivity contribution in [1.29, 1.82) is 0 Å². The van der Waals surface area contributed by atoms with E-state index in [0.29, 0.717) is 5.69 Å². The van der Waals surface area contributed by atoms with Gasteiger partial charge in [0, 0.05) is 10.5 Å². The molecule has 5 nitrogen and oxygen atoms in total. The highest BCUT2D eigenvalue weighted by Gasteiger charge is 2.00. The zero-order valence-corrected chi connectivity index (χ0v) is 14.8. The second-order valence-electron chi connectivity index (χ2n) is 5.09. The summed E-state index contributed by atoms with van der Waals surface area (Å²) in [6.45, 7) is 0.458. The molecule has 0 aliphatic carbocycles. The quantitative estimate of drug-likeness (QED) is 0.356. The van der Waals surface area contributed by atoms with E-state index in [1.54, 1.807) is 12.3 Å². The van der Waals surface area contributed by atoms with E-state index in [2.05, 4.69) is 25.9 Å². The summed E-state index contributed by atoms with van der Waals surface area (Å²) in [5.74, 6) is 0.274. The van der Waals surface area contributed by atoms with Gasteiger partial charge in [0.1, 0.15) is 19.0 Å². The lowest BCUT2D eigenvalue weighted by molar-refractivity contribution is -0.138. The molecule has 2 aromatic carbocycles. The minimum atomic E-state index is -0.450. The van der Waals surface area contributed by atoms with E-state index in [1.807, 2.05) is 48.5 Å². The van der Waals surface area contributed by atoms with Gasteiger partial charge in [0.2, 0.25) is 0 Å². The molecule has 0 spiro atoms. The van der Waals surface area contributed by atoms with Crippen LogP contribution in [-0.4, -0.2) is 29.2 Å². The van der Waals surface area contributed by atoms with Gasteiger partial charge in [-0.25, -0.2) is 9.78 Å². The summed E-state index contributed by atoms with van der Waals surface area (Å²) in [5, 5.41) is 0. The molecule has 0 saturated carbocycles. The van der Waals surface area contributed by atoms with Crippen molar-refractivity contribution >= 4 is 39.0 Å². The largest absolute Gasteiger partial charge is 0.490 e. The molecule has 0 bridgehead atoms. The number of benzene rings is 2. The summed E-state index contributed by atoms with van der Waals surface area (Å²) in [6.07, 6.45) is 4.53. The van der Waals surface area contributed by atoms with E-state index in [9.17, 15) is 4.79 Å². The fraction of sp³-hybridized carbons (Fsp3) is 0.105. The van der Waals surface area contributed by atoms with E-state index in [0.717, 1.165) is 21.3 Å². The Labute approximate surface area is 153 Å². The number of ether oxygens (including phenoxy) is 2. The number of halogens is 1. The number of aromatic nitrogens is 2. The first kappa shape index (κ1) is 17.1. The smallest absolute Gasteiger partial charge is 0.330 e. The van der Waals surface area contributed by atoms with Gasteiger partial charge in [0.25, 0.3) is 0 Å². The fourth-order valence-corrected chi connectivity index (χ4v) is 2.35. The fourth-order valence-electron chi connectivity index (χ4n) is 2.09. The zero-order chi connectivity index (χ0) is 17.5. The van der Waals surface area contributed by atoms with Crippen LogP contribution in [0.5, 0.6) is 5.75 Å². The van der Waals surface area contributed by atoms with Crippen LogP contribution >= 0.6 is 15.9 Å². The molecule has 0 N–H and O–H groups in total. The van der Waals surface area contributed by atoms with Crippen molar-refractivity contribution in [1.82, 2.24) is 9.97 Å². The van der Waals surface area contributed by atoms with Gasteiger partial charge in [-0.15, -0.1) is 0 Å². The number of carbonyl (C=O) groups excluding carboxylic acids is 1. The number of nitrogens with zero attached hydrogens (tertiary/aromatic N) is 2. The SMILES string of the molecule is O=C(/C=C/c1cnc2ccccc2n1)OCCOc1ccc(Br)cc1. The van der Waals surface area contributed by atoms with Crippen LogP contribution in [0.2, 0.25) is 0 Å². The van der Waals surface area contributed by atoms with Gasteiger partial charge < -0.3 is 9.47 Å². The average molecular weight is 399 g/mol. The van der Waals surface area contributed by atoms with Crippen LogP contribution < -0.4 is 4.74 Å². The molecule has 126 valence electrons. The van der Waals surface area contributed by atoms with Crippen LogP contribution in [0.25, 0.3) is 17.1 Å². The van der Waals surface area contributed by atoms with Gasteiger partial charge in [-0.3, -0.25) is 4.98 Å². The Morgan fingerprint density at radius 3 is 2.60 bits per heavy atom. The summed E-state index contributed by atoms with van der Waals surface area (Å²) in [5.41, 5.74) is 2.19. The number of para-hydroxylation sites is 2. The van der Waals surface area contributed by atoms with Gasteiger partial charge in [-0.2, -0.15) is 0 Å². The molecule has 3 aromatic rings. The number of fused-ring (bicyclic) bond motifs is 1. The van der Waals surface area contributed by atoms with Crippen molar-refractivity contribution in [2.45, 2.75) is 0 Å². The first-order valence-corrected chi connectivity index (χ1v) is 8.45. The first-order valence-electron chi connectivity index (χ1n) is 7.66. The number of hydrogen-bond acceptors (Lipinski definition) is 5. The lowest BCUT2D eigenvalue weighted by Crippen LogP contribution is -2.10. The van der Waals surface area contributed by atoms with Crippen molar-refractivity contribution in [3.05, 3.63) is 71.0 Å². The highest BCUT2D eigenvalue weighted by Crippen LogP contribution is 2.15. The lowest BCUT2D eigenvalue weighted by Gasteiger charge is -2.06. The van der Waals surface area contributed by atoms with Crippen LogP contribution in [0.15, 0.2) is 65.3 Å². The number of rotatable bonds is 6. The maximum absolute atomic E-state index is 11.7. The molecule has 6 heteroatoms. The van der Waals surface area contributed by atoms with Crippen LogP contribution in [0.1, 0.15) is 5.69 Å². The maximum Gasteiger partial charge on any atom is 0.330 e. The van der Waals surface area contributed by atoms with E-state index >= 15 is 0 Å². The zero-order valence-electron chi connectivity index (χ0n) is 13.3. The van der Waals surface area contributed by atoms with Gasteiger partial charge in [-0.05, 0) is 42.5 Å². The van der Waals surface area contributed by atoms with Crippen molar-refractivity contribution in [2.75, 3.05) is 13.2 Å². The molecule has 0 aliphatic rings. The molecule has 0 radical (unpaired) electrons. The molecule has 0 aliphatic heterocycles. The Morgan fingerprint density at radius 1 is 1.04 bits per heavy atom. The minimum absolute atomic E-state index is 0.169. The van der Waals surface area contributed by atoms with Crippen LogP contribution in [0.3, 0.4) is 0 Å². The number of carbonyl (C=O) groups is 1. The second-order valence-corrected chi connectivity index (χ2v) is 6.00. The predicted octanol–water partition coefficient (Wildman–Crippen LogP) is 4.03. The van der Waals surface area contributed by atoms with Crippen molar-refractivity contribution in [3.8, 4) is 5.75 Å². The molecule has 1 aromatic heterocycles. The molecule has 0 fully saturated rings. The normalized spacial score (nSPS) is 10.9. The number of esters is 1. The monoisotopic (exact) mass is 398 g/mol. The van der Waals surface area contributed by atoms with E-state index in [-0.39, 0.29) is 13.2 Å². The molecule has 0 saturated heterocycles. The molecule has 3 rings (SSSR count). The third-order valence-corrected chi connectivity index (χ3v) is 3.80. The topological polar surface area (TPSA) is 61.3 Å². The minimum Gasteiger partial charge on any atom is -0.490 e. The Balaban J connectivity index is 1.46. The van der Waals surface area contributed by atoms with Gasteiger partial charge >= 0.3 is 5.97 Å². The Bertz CT molecular complexity index is 895. The molecule has 0 amide bonds. The van der Waals surface area contributed by atoms with Gasteiger partial charge in [-0.1, -0.05) is 28.1 Å². The van der Waals surface area contributed by atoms with E-state index in [1.165, 1.54) is 6.08 Å². The molecule has 0 unspecified atom stereocenters. The van der Waals surface area contributed by atoms with Gasteiger partial charge in [0.15, 0.2) is 0 Å². The Hall–Kier alpha value is -2.73. The predicted molar refractivity (Wildman–Crippen MR) is 99.2 cm³/mol. The number of hydrogen-bond donors (Lipinski definition) is 0. The summed E-state index contributed by atoms with van der Waals surface area (Å²) in [7, 11) is 0. The molecule has 25 heavy (non-hydrogen) atoms. The second kappa shape index (κ2) is 8.39. The highest BCUT2D eigenvalue weighted by atomic mass is 79.9. The molecule has 1 heterocycles. The Kier molecular flexibility index (Phi) is 5.74. The summed E-state index contributed by atoms with van der Waals surface area (Å²) in [4.78, 5) is 20.4. The average Bonchev–Trinajstić information content (AvgIpc) is 2.65. The van der Waals surface area contributed by atoms with Crippen LogP contribution in [0, 0.1) is 0 Å². The third kappa shape index (κ3) is 5.12. The summed E-state index contributed by atoms with van der Waals surface area (Å²) >= 11 is 3.35. The first-order chi connectivity index (χ1) is 12.2. The Morgan fingerprint density at radius 2 is 1.80 bits per heavy atom. The molecule has 0 atom stereocenters.